The molecule has 0 bridgehead atoms. The zero-order valence-electron chi connectivity index (χ0n) is 15.7. The van der Waals surface area contributed by atoms with E-state index >= 15 is 0 Å². The molecule has 138 valence electrons. The van der Waals surface area contributed by atoms with E-state index in [1.807, 2.05) is 22.8 Å². The lowest BCUT2D eigenvalue weighted by atomic mass is 9.81. The third-order valence-corrected chi connectivity index (χ3v) is 6.16. The van der Waals surface area contributed by atoms with E-state index in [4.69, 9.17) is 5.73 Å². The molecule has 1 aliphatic heterocycles. The van der Waals surface area contributed by atoms with Gasteiger partial charge in [-0.05, 0) is 56.7 Å². The van der Waals surface area contributed by atoms with E-state index in [9.17, 15) is 4.79 Å². The minimum absolute atomic E-state index is 0.116. The zero-order valence-corrected chi connectivity index (χ0v) is 15.7. The van der Waals surface area contributed by atoms with Gasteiger partial charge in [0.15, 0.2) is 0 Å². The summed E-state index contributed by atoms with van der Waals surface area (Å²) in [7, 11) is 1.99. The van der Waals surface area contributed by atoms with Crippen molar-refractivity contribution in [3.05, 3.63) is 46.8 Å². The number of carbonyl (C=O) groups excluding carboxylic acids is 1. The number of fused-ring (bicyclic) bond motifs is 2. The number of hydrogen-bond donors (Lipinski definition) is 1. The van der Waals surface area contributed by atoms with Gasteiger partial charge in [0.1, 0.15) is 0 Å². The Balaban J connectivity index is 1.68. The maximum atomic E-state index is 13.4. The van der Waals surface area contributed by atoms with Gasteiger partial charge in [-0.25, -0.2) is 0 Å². The van der Waals surface area contributed by atoms with Gasteiger partial charge >= 0.3 is 0 Å². The Kier molecular flexibility index (Phi) is 4.57. The average molecular weight is 352 g/mol. The molecule has 2 heterocycles. The molecule has 0 spiro atoms. The van der Waals surface area contributed by atoms with Gasteiger partial charge in [0, 0.05) is 36.3 Å². The SMILES string of the molecule is Cc1ccc2c(c1)Cc1c(cnn1C)CN2C(=O)C1CCC(CN)CC1. The summed E-state index contributed by atoms with van der Waals surface area (Å²) in [5.74, 6) is 0.968. The summed E-state index contributed by atoms with van der Waals surface area (Å²) >= 11 is 0. The molecule has 2 N–H and O–H groups in total. The molecule has 26 heavy (non-hydrogen) atoms. The second-order valence-corrected chi connectivity index (χ2v) is 7.93. The number of amides is 1. The minimum atomic E-state index is 0.116. The van der Waals surface area contributed by atoms with Gasteiger partial charge < -0.3 is 10.6 Å². The van der Waals surface area contributed by atoms with Crippen molar-refractivity contribution in [2.45, 2.75) is 45.6 Å². The third kappa shape index (κ3) is 3.05. The standard InChI is InChI=1S/C21H28N4O/c1-14-3-8-19-17(9-14)10-20-18(12-23-24(20)2)13-25(19)21(26)16-6-4-15(11-22)5-7-16/h3,8-9,12,15-16H,4-7,10-11,13,22H2,1-2H3. The van der Waals surface area contributed by atoms with Gasteiger partial charge in [-0.3, -0.25) is 9.48 Å². The van der Waals surface area contributed by atoms with Crippen LogP contribution in [0, 0.1) is 18.8 Å². The van der Waals surface area contributed by atoms with Crippen LogP contribution < -0.4 is 10.6 Å². The maximum Gasteiger partial charge on any atom is 0.230 e. The molecule has 1 aromatic carbocycles. The van der Waals surface area contributed by atoms with Crippen LogP contribution in [0.1, 0.15) is 48.1 Å². The molecule has 1 fully saturated rings. The summed E-state index contributed by atoms with van der Waals surface area (Å²) in [6.07, 6.45) is 6.79. The van der Waals surface area contributed by atoms with E-state index in [0.29, 0.717) is 12.5 Å². The second kappa shape index (κ2) is 6.88. The molecule has 0 saturated heterocycles. The van der Waals surface area contributed by atoms with E-state index in [1.165, 1.54) is 16.8 Å². The molecule has 2 aromatic rings. The van der Waals surface area contributed by atoms with Gasteiger partial charge in [0.2, 0.25) is 5.91 Å². The topological polar surface area (TPSA) is 64.2 Å². The van der Waals surface area contributed by atoms with Crippen LogP contribution in [0.5, 0.6) is 0 Å². The molecule has 0 unspecified atom stereocenters. The molecule has 5 nitrogen and oxygen atoms in total. The summed E-state index contributed by atoms with van der Waals surface area (Å²) in [6, 6.07) is 6.44. The van der Waals surface area contributed by atoms with Crippen molar-refractivity contribution in [3.63, 3.8) is 0 Å². The summed E-state index contributed by atoms with van der Waals surface area (Å²) < 4.78 is 1.95. The Hall–Kier alpha value is -2.14. The van der Waals surface area contributed by atoms with Crippen molar-refractivity contribution in [1.82, 2.24) is 9.78 Å². The molecule has 1 aliphatic carbocycles. The monoisotopic (exact) mass is 352 g/mol. The largest absolute Gasteiger partial charge is 0.330 e. The first-order valence-corrected chi connectivity index (χ1v) is 9.67. The predicted molar refractivity (Wildman–Crippen MR) is 103 cm³/mol. The van der Waals surface area contributed by atoms with Crippen LogP contribution in [0.3, 0.4) is 0 Å². The maximum absolute atomic E-state index is 13.4. The molecule has 1 amide bonds. The number of nitrogens with zero attached hydrogens (tertiary/aromatic N) is 3. The van der Waals surface area contributed by atoms with Gasteiger partial charge in [0.25, 0.3) is 0 Å². The van der Waals surface area contributed by atoms with Crippen LogP contribution >= 0.6 is 0 Å². The number of nitrogens with two attached hydrogens (primary N) is 1. The van der Waals surface area contributed by atoms with E-state index in [2.05, 4.69) is 30.2 Å². The Morgan fingerprint density at radius 2 is 2.00 bits per heavy atom. The lowest BCUT2D eigenvalue weighted by molar-refractivity contribution is -0.123. The highest BCUT2D eigenvalue weighted by Gasteiger charge is 2.32. The summed E-state index contributed by atoms with van der Waals surface area (Å²) in [5, 5.41) is 4.43. The Morgan fingerprint density at radius 1 is 1.23 bits per heavy atom. The van der Waals surface area contributed by atoms with Crippen molar-refractivity contribution < 1.29 is 4.79 Å². The summed E-state index contributed by atoms with van der Waals surface area (Å²) in [4.78, 5) is 15.4. The summed E-state index contributed by atoms with van der Waals surface area (Å²) in [6.45, 7) is 3.47. The van der Waals surface area contributed by atoms with Gasteiger partial charge in [-0.1, -0.05) is 17.7 Å². The smallest absolute Gasteiger partial charge is 0.230 e. The van der Waals surface area contributed by atoms with E-state index in [0.717, 1.165) is 49.9 Å². The molecule has 5 heteroatoms. The van der Waals surface area contributed by atoms with Gasteiger partial charge in [0.05, 0.1) is 12.7 Å². The van der Waals surface area contributed by atoms with Crippen molar-refractivity contribution >= 4 is 11.6 Å². The van der Waals surface area contributed by atoms with Crippen LogP contribution in [0.4, 0.5) is 5.69 Å². The Bertz CT molecular complexity index is 817. The highest BCUT2D eigenvalue weighted by molar-refractivity contribution is 5.96. The first kappa shape index (κ1) is 17.3. The van der Waals surface area contributed by atoms with Crippen molar-refractivity contribution in [3.8, 4) is 0 Å². The molecule has 4 rings (SSSR count). The third-order valence-electron chi connectivity index (χ3n) is 6.16. The number of anilines is 1. The van der Waals surface area contributed by atoms with E-state index in [-0.39, 0.29) is 11.8 Å². The number of aromatic nitrogens is 2. The van der Waals surface area contributed by atoms with Gasteiger partial charge in [-0.15, -0.1) is 0 Å². The fourth-order valence-electron chi connectivity index (χ4n) is 4.49. The van der Waals surface area contributed by atoms with Crippen LogP contribution in [0.2, 0.25) is 0 Å². The Labute approximate surface area is 155 Å². The molecule has 2 aliphatic rings. The zero-order chi connectivity index (χ0) is 18.3. The molecular weight excluding hydrogens is 324 g/mol. The molecule has 0 atom stereocenters. The highest BCUT2D eigenvalue weighted by atomic mass is 16.2. The van der Waals surface area contributed by atoms with E-state index in [1.54, 1.807) is 0 Å². The fraction of sp³-hybridized carbons (Fsp3) is 0.524. The number of aryl methyl sites for hydroxylation is 2. The predicted octanol–water partition coefficient (Wildman–Crippen LogP) is 2.93. The van der Waals surface area contributed by atoms with Crippen LogP contribution in [0.25, 0.3) is 0 Å². The lowest BCUT2D eigenvalue weighted by Crippen LogP contribution is -2.38. The van der Waals surface area contributed by atoms with Crippen LogP contribution in [-0.2, 0) is 24.8 Å². The normalized spacial score (nSPS) is 22.5. The quantitative estimate of drug-likeness (QED) is 0.904. The second-order valence-electron chi connectivity index (χ2n) is 7.93. The lowest BCUT2D eigenvalue weighted by Gasteiger charge is -2.32. The van der Waals surface area contributed by atoms with Crippen LogP contribution in [0.15, 0.2) is 24.4 Å². The first-order valence-electron chi connectivity index (χ1n) is 9.67. The molecular formula is C21H28N4O. The number of hydrogen-bond acceptors (Lipinski definition) is 3. The van der Waals surface area contributed by atoms with Crippen molar-refractivity contribution in [1.29, 1.82) is 0 Å². The van der Waals surface area contributed by atoms with Crippen LogP contribution in [-0.4, -0.2) is 22.2 Å². The van der Waals surface area contributed by atoms with E-state index < -0.39 is 0 Å². The highest BCUT2D eigenvalue weighted by Crippen LogP contribution is 2.35. The molecule has 0 radical (unpaired) electrons. The number of rotatable bonds is 2. The molecule has 1 saturated carbocycles. The minimum Gasteiger partial charge on any atom is -0.330 e. The van der Waals surface area contributed by atoms with Crippen molar-refractivity contribution in [2.75, 3.05) is 11.4 Å². The average Bonchev–Trinajstić information content (AvgIpc) is 2.90. The van der Waals surface area contributed by atoms with Gasteiger partial charge in [-0.2, -0.15) is 5.10 Å². The molecule has 1 aromatic heterocycles. The first-order chi connectivity index (χ1) is 12.6. The van der Waals surface area contributed by atoms with Crippen molar-refractivity contribution in [2.24, 2.45) is 24.6 Å². The summed E-state index contributed by atoms with van der Waals surface area (Å²) in [5.41, 5.74) is 11.7. The Morgan fingerprint density at radius 3 is 2.73 bits per heavy atom. The number of carbonyl (C=O) groups is 1. The number of benzene rings is 1. The fourth-order valence-corrected chi connectivity index (χ4v) is 4.49.